The van der Waals surface area contributed by atoms with E-state index in [1.54, 1.807) is 0 Å². The lowest BCUT2D eigenvalue weighted by Gasteiger charge is -2.48. The van der Waals surface area contributed by atoms with E-state index in [9.17, 15) is 0 Å². The summed E-state index contributed by atoms with van der Waals surface area (Å²) in [6.45, 7) is 10.6. The zero-order chi connectivity index (χ0) is 14.1. The van der Waals surface area contributed by atoms with Crippen LogP contribution in [-0.4, -0.2) is 34.1 Å². The average molecular weight is 303 g/mol. The molecular weight excluding hydrogens is 276 g/mol. The van der Waals surface area contributed by atoms with Gasteiger partial charge in [0.15, 0.2) is 4.27 Å². The molecular formula is C15H26O2S2. The molecule has 2 heterocycles. The van der Waals surface area contributed by atoms with E-state index < -0.39 is 0 Å². The third-order valence-corrected chi connectivity index (χ3v) is 8.06. The standard InChI is InChI=1S/C15H26O2S2/c1-6-8-13(3)11-12(2)14(4,17-13)15(16-5)18-9-7-10-19-15/h6,12H,1,7-11H2,2-5H3/t12-,13-,14-/m1/s1. The van der Waals surface area contributed by atoms with Gasteiger partial charge >= 0.3 is 0 Å². The molecule has 2 aliphatic rings. The number of ether oxygens (including phenoxy) is 2. The Morgan fingerprint density at radius 3 is 2.53 bits per heavy atom. The van der Waals surface area contributed by atoms with Crippen molar-refractivity contribution in [2.24, 2.45) is 5.92 Å². The van der Waals surface area contributed by atoms with Crippen molar-refractivity contribution in [3.05, 3.63) is 12.7 Å². The van der Waals surface area contributed by atoms with Crippen LogP contribution < -0.4 is 0 Å². The molecule has 2 fully saturated rings. The van der Waals surface area contributed by atoms with Crippen molar-refractivity contribution in [3.8, 4) is 0 Å². The Morgan fingerprint density at radius 2 is 2.00 bits per heavy atom. The second-order valence-corrected chi connectivity index (χ2v) is 8.87. The first-order valence-corrected chi connectivity index (χ1v) is 9.03. The average Bonchev–Trinajstić information content (AvgIpc) is 2.62. The molecule has 0 aromatic rings. The predicted molar refractivity (Wildman–Crippen MR) is 85.8 cm³/mol. The maximum absolute atomic E-state index is 6.58. The van der Waals surface area contributed by atoms with E-state index in [-0.39, 0.29) is 15.5 Å². The summed E-state index contributed by atoms with van der Waals surface area (Å²) in [6, 6.07) is 0. The first kappa shape index (κ1) is 15.7. The summed E-state index contributed by atoms with van der Waals surface area (Å²) in [5, 5.41) is 0. The van der Waals surface area contributed by atoms with Crippen molar-refractivity contribution in [1.29, 1.82) is 0 Å². The molecule has 2 nitrogen and oxygen atoms in total. The third-order valence-electron chi connectivity index (χ3n) is 4.46. The lowest BCUT2D eigenvalue weighted by Crippen LogP contribution is -2.54. The highest BCUT2D eigenvalue weighted by Gasteiger charge is 2.61. The van der Waals surface area contributed by atoms with Gasteiger partial charge in [-0.3, -0.25) is 0 Å². The van der Waals surface area contributed by atoms with E-state index in [1.165, 1.54) is 6.42 Å². The highest BCUT2D eigenvalue weighted by molar-refractivity contribution is 8.18. The molecule has 2 aliphatic heterocycles. The van der Waals surface area contributed by atoms with Crippen LogP contribution >= 0.6 is 23.5 Å². The van der Waals surface area contributed by atoms with Gasteiger partial charge < -0.3 is 9.47 Å². The predicted octanol–water partition coefficient (Wildman–Crippen LogP) is 4.31. The van der Waals surface area contributed by atoms with Crippen LogP contribution in [0.3, 0.4) is 0 Å². The zero-order valence-electron chi connectivity index (χ0n) is 12.5. The van der Waals surface area contributed by atoms with Gasteiger partial charge in [-0.15, -0.1) is 30.1 Å². The van der Waals surface area contributed by atoms with Crippen LogP contribution in [0.4, 0.5) is 0 Å². The van der Waals surface area contributed by atoms with Gasteiger partial charge in [-0.1, -0.05) is 13.0 Å². The molecule has 0 aromatic carbocycles. The second kappa shape index (κ2) is 5.63. The van der Waals surface area contributed by atoms with Crippen LogP contribution in [0.2, 0.25) is 0 Å². The molecule has 0 spiro atoms. The molecule has 2 saturated heterocycles. The summed E-state index contributed by atoms with van der Waals surface area (Å²) >= 11 is 3.84. The smallest absolute Gasteiger partial charge is 0.189 e. The quantitative estimate of drug-likeness (QED) is 0.720. The van der Waals surface area contributed by atoms with E-state index in [4.69, 9.17) is 9.47 Å². The Morgan fingerprint density at radius 1 is 1.37 bits per heavy atom. The molecule has 0 unspecified atom stereocenters. The Kier molecular flexibility index (Phi) is 4.66. The number of rotatable bonds is 4. The normalized spacial score (nSPS) is 42.2. The molecule has 2 rings (SSSR count). The fraction of sp³-hybridized carbons (Fsp3) is 0.867. The van der Waals surface area contributed by atoms with Crippen molar-refractivity contribution in [3.63, 3.8) is 0 Å². The van der Waals surface area contributed by atoms with Gasteiger partial charge in [-0.25, -0.2) is 0 Å². The number of methoxy groups -OCH3 is 1. The van der Waals surface area contributed by atoms with Gasteiger partial charge in [0, 0.05) is 7.11 Å². The second-order valence-electron chi connectivity index (χ2n) is 6.07. The lowest BCUT2D eigenvalue weighted by molar-refractivity contribution is -0.143. The summed E-state index contributed by atoms with van der Waals surface area (Å²) in [7, 11) is 1.83. The molecule has 0 N–H and O–H groups in total. The van der Waals surface area contributed by atoms with Crippen molar-refractivity contribution in [2.45, 2.75) is 55.5 Å². The summed E-state index contributed by atoms with van der Waals surface area (Å²) < 4.78 is 12.3. The van der Waals surface area contributed by atoms with Crippen molar-refractivity contribution < 1.29 is 9.47 Å². The summed E-state index contributed by atoms with van der Waals surface area (Å²) in [4.78, 5) is 0. The van der Waals surface area contributed by atoms with Crippen molar-refractivity contribution in [2.75, 3.05) is 18.6 Å². The van der Waals surface area contributed by atoms with Gasteiger partial charge in [0.25, 0.3) is 0 Å². The van der Waals surface area contributed by atoms with Gasteiger partial charge in [-0.05, 0) is 50.5 Å². The van der Waals surface area contributed by atoms with Gasteiger partial charge in [0.05, 0.1) is 5.60 Å². The Balaban J connectivity index is 2.27. The fourth-order valence-corrected chi connectivity index (χ4v) is 6.84. The SMILES string of the molecule is C=CC[C@]1(C)C[C@@H](C)[C@](C)(C2(OC)SCCCS2)O1. The first-order valence-electron chi connectivity index (χ1n) is 7.05. The first-order chi connectivity index (χ1) is 8.91. The molecule has 0 saturated carbocycles. The van der Waals surface area contributed by atoms with Gasteiger partial charge in [0.2, 0.25) is 0 Å². The molecule has 0 radical (unpaired) electrons. The van der Waals surface area contributed by atoms with E-state index in [0.29, 0.717) is 5.92 Å². The van der Waals surface area contributed by atoms with Crippen LogP contribution in [0.15, 0.2) is 12.7 Å². The molecule has 19 heavy (non-hydrogen) atoms. The number of hydrogen-bond acceptors (Lipinski definition) is 4. The van der Waals surface area contributed by atoms with Crippen molar-refractivity contribution in [1.82, 2.24) is 0 Å². The maximum atomic E-state index is 6.58. The van der Waals surface area contributed by atoms with Gasteiger partial charge in [0.1, 0.15) is 5.60 Å². The topological polar surface area (TPSA) is 18.5 Å². The molecule has 110 valence electrons. The van der Waals surface area contributed by atoms with Crippen LogP contribution in [0, 0.1) is 5.92 Å². The Labute approximate surface area is 126 Å². The molecule has 3 atom stereocenters. The highest BCUT2D eigenvalue weighted by atomic mass is 32.2. The van der Waals surface area contributed by atoms with Crippen LogP contribution in [-0.2, 0) is 9.47 Å². The summed E-state index contributed by atoms with van der Waals surface area (Å²) in [6.07, 6.45) is 5.21. The zero-order valence-corrected chi connectivity index (χ0v) is 14.2. The fourth-order valence-electron chi connectivity index (χ4n) is 3.41. The van der Waals surface area contributed by atoms with E-state index in [0.717, 1.165) is 24.3 Å². The monoisotopic (exact) mass is 302 g/mol. The number of hydrogen-bond donors (Lipinski definition) is 0. The molecule has 0 aliphatic carbocycles. The van der Waals surface area contributed by atoms with Crippen molar-refractivity contribution >= 4 is 23.5 Å². The Bertz CT molecular complexity index is 341. The minimum Gasteiger partial charge on any atom is -0.364 e. The van der Waals surface area contributed by atoms with E-state index >= 15 is 0 Å². The summed E-state index contributed by atoms with van der Waals surface area (Å²) in [5.74, 6) is 2.80. The van der Waals surface area contributed by atoms with Crippen LogP contribution in [0.5, 0.6) is 0 Å². The number of thioether (sulfide) groups is 2. The largest absolute Gasteiger partial charge is 0.364 e. The van der Waals surface area contributed by atoms with Crippen LogP contribution in [0.1, 0.15) is 40.0 Å². The minimum absolute atomic E-state index is 0.0972. The highest BCUT2D eigenvalue weighted by Crippen LogP contribution is 2.59. The van der Waals surface area contributed by atoms with Crippen LogP contribution in [0.25, 0.3) is 0 Å². The summed E-state index contributed by atoms with van der Waals surface area (Å²) in [5.41, 5.74) is -0.338. The molecule has 0 amide bonds. The molecule has 0 bridgehead atoms. The Hall–Kier alpha value is 0.360. The van der Waals surface area contributed by atoms with Gasteiger partial charge in [-0.2, -0.15) is 0 Å². The molecule has 0 aromatic heterocycles. The van der Waals surface area contributed by atoms with E-state index in [2.05, 4.69) is 27.4 Å². The lowest BCUT2D eigenvalue weighted by atomic mass is 9.86. The molecule has 4 heteroatoms. The maximum Gasteiger partial charge on any atom is 0.189 e. The van der Waals surface area contributed by atoms with E-state index in [1.807, 2.05) is 36.7 Å². The minimum atomic E-state index is -0.260. The third kappa shape index (κ3) is 2.61.